The molecule has 11 rings (SSSR count). The zero-order valence-electron chi connectivity index (χ0n) is 35.4. The fraction of sp³-hybridized carbons (Fsp3) is 0.0517. The van der Waals surface area contributed by atoms with Gasteiger partial charge in [-0.05, 0) is 71.7 Å². The standard InChI is InChI=1S/C58H42N4O2/c1-37(57(59)61-58(42-25-13-6-14-26-42)60-36-39-19-7-3-8-20-39)35-47(41-23-11-5-12-24-41)54(38(2)40-21-9-4-10-22-40)62-48-29-17-15-27-45(48)52-49(62)33-31-43-44-32-34-51-53(56(44)64-55(43)52)46-28-16-18-30-50(46)63-51/h3-36,38,59H,1-2H3/b37-35+,54-47-,59-57?,60-36+,61-58-. The van der Waals surface area contributed by atoms with Gasteiger partial charge in [-0.1, -0.05) is 165 Å². The molecular weight excluding hydrogens is 785 g/mol. The number of para-hydroxylation sites is 2. The van der Waals surface area contributed by atoms with Crippen LogP contribution in [0.2, 0.25) is 0 Å². The van der Waals surface area contributed by atoms with Gasteiger partial charge in [0.2, 0.25) is 0 Å². The largest absolute Gasteiger partial charge is 0.456 e. The molecular formula is C58H42N4O2. The van der Waals surface area contributed by atoms with Crippen molar-refractivity contribution in [3.05, 3.63) is 228 Å². The van der Waals surface area contributed by atoms with Crippen molar-refractivity contribution >= 4 is 94.8 Å². The minimum atomic E-state index is -0.101. The van der Waals surface area contributed by atoms with Crippen molar-refractivity contribution in [1.82, 2.24) is 4.57 Å². The molecule has 11 aromatic rings. The predicted octanol–water partition coefficient (Wildman–Crippen LogP) is 15.3. The molecule has 1 N–H and O–H groups in total. The molecule has 0 saturated heterocycles. The molecule has 3 heterocycles. The number of aromatic nitrogens is 1. The van der Waals surface area contributed by atoms with Gasteiger partial charge in [0.25, 0.3) is 0 Å². The van der Waals surface area contributed by atoms with Gasteiger partial charge >= 0.3 is 0 Å². The molecule has 6 heteroatoms. The molecule has 8 aromatic carbocycles. The average Bonchev–Trinajstić information content (AvgIpc) is 4.03. The summed E-state index contributed by atoms with van der Waals surface area (Å²) >= 11 is 0. The lowest BCUT2D eigenvalue weighted by atomic mass is 9.90. The lowest BCUT2D eigenvalue weighted by molar-refractivity contribution is 0.664. The summed E-state index contributed by atoms with van der Waals surface area (Å²) in [6.45, 7) is 4.24. The topological polar surface area (TPSA) is 79.8 Å². The van der Waals surface area contributed by atoms with Crippen molar-refractivity contribution < 1.29 is 8.83 Å². The normalized spacial score (nSPS) is 13.5. The van der Waals surface area contributed by atoms with Crippen LogP contribution in [0.3, 0.4) is 0 Å². The van der Waals surface area contributed by atoms with Gasteiger partial charge < -0.3 is 13.4 Å². The Bertz CT molecular complexity index is 3680. The molecule has 0 fully saturated rings. The Morgan fingerprint density at radius 3 is 1.88 bits per heavy atom. The van der Waals surface area contributed by atoms with Crippen LogP contribution in [-0.4, -0.2) is 22.5 Å². The molecule has 0 aliphatic rings. The van der Waals surface area contributed by atoms with Crippen LogP contribution in [0.4, 0.5) is 0 Å². The third-order valence-electron chi connectivity index (χ3n) is 12.2. The highest BCUT2D eigenvalue weighted by Gasteiger charge is 2.26. The maximum atomic E-state index is 9.52. The number of fused-ring (bicyclic) bond motifs is 11. The molecule has 0 aliphatic heterocycles. The highest BCUT2D eigenvalue weighted by atomic mass is 16.3. The van der Waals surface area contributed by atoms with E-state index in [9.17, 15) is 5.41 Å². The minimum absolute atomic E-state index is 0.101. The fourth-order valence-electron chi connectivity index (χ4n) is 9.09. The number of benzene rings is 8. The highest BCUT2D eigenvalue weighted by molar-refractivity contribution is 6.28. The van der Waals surface area contributed by atoms with Crippen LogP contribution in [-0.2, 0) is 0 Å². The summed E-state index contributed by atoms with van der Waals surface area (Å²) in [4.78, 5) is 9.74. The number of aliphatic imine (C=N–C) groups is 2. The second-order valence-electron chi connectivity index (χ2n) is 16.1. The van der Waals surface area contributed by atoms with E-state index in [-0.39, 0.29) is 11.8 Å². The van der Waals surface area contributed by atoms with E-state index in [1.54, 1.807) is 6.21 Å². The molecule has 306 valence electrons. The zero-order chi connectivity index (χ0) is 43.1. The third kappa shape index (κ3) is 6.73. The number of hydrogen-bond donors (Lipinski definition) is 1. The van der Waals surface area contributed by atoms with Gasteiger partial charge in [0, 0.05) is 50.5 Å². The second kappa shape index (κ2) is 16.2. The average molecular weight is 827 g/mol. The lowest BCUT2D eigenvalue weighted by Gasteiger charge is -2.24. The van der Waals surface area contributed by atoms with E-state index in [1.807, 2.05) is 91.9 Å². The first kappa shape index (κ1) is 38.6. The van der Waals surface area contributed by atoms with Crippen LogP contribution >= 0.6 is 0 Å². The maximum Gasteiger partial charge on any atom is 0.161 e. The SMILES string of the molecule is C/C(=C\C(=C(/C(C)c1ccccc1)n1c2ccccc2c2c3oc4c(ccc5oc6ccccc6c54)c3ccc21)c1ccccc1)C(=N)/N=C(\N=C\c1ccccc1)c1ccccc1. The minimum Gasteiger partial charge on any atom is -0.456 e. The summed E-state index contributed by atoms with van der Waals surface area (Å²) in [5.41, 5.74) is 12.1. The number of allylic oxidation sites excluding steroid dienone is 3. The Hall–Kier alpha value is -8.35. The van der Waals surface area contributed by atoms with Gasteiger partial charge in [-0.25, -0.2) is 9.98 Å². The molecule has 0 spiro atoms. The first-order valence-electron chi connectivity index (χ1n) is 21.6. The van der Waals surface area contributed by atoms with E-state index in [1.165, 1.54) is 0 Å². The van der Waals surface area contributed by atoms with Gasteiger partial charge in [0.05, 0.1) is 21.8 Å². The molecule has 0 radical (unpaired) electrons. The van der Waals surface area contributed by atoms with E-state index in [2.05, 4.69) is 127 Å². The van der Waals surface area contributed by atoms with Crippen LogP contribution in [0.1, 0.15) is 42.0 Å². The van der Waals surface area contributed by atoms with E-state index in [0.29, 0.717) is 11.4 Å². The predicted molar refractivity (Wildman–Crippen MR) is 267 cm³/mol. The fourth-order valence-corrected chi connectivity index (χ4v) is 9.09. The molecule has 1 atom stereocenters. The zero-order valence-corrected chi connectivity index (χ0v) is 35.4. The highest BCUT2D eigenvalue weighted by Crippen LogP contribution is 2.46. The molecule has 64 heavy (non-hydrogen) atoms. The molecule has 1 unspecified atom stereocenters. The number of furan rings is 2. The lowest BCUT2D eigenvalue weighted by Crippen LogP contribution is -2.09. The summed E-state index contributed by atoms with van der Waals surface area (Å²) in [6.07, 6.45) is 3.93. The number of nitrogens with zero attached hydrogens (tertiary/aromatic N) is 3. The number of amidine groups is 2. The summed E-state index contributed by atoms with van der Waals surface area (Å²) < 4.78 is 15.8. The van der Waals surface area contributed by atoms with E-state index in [4.69, 9.17) is 18.8 Å². The van der Waals surface area contributed by atoms with Gasteiger partial charge in [-0.2, -0.15) is 0 Å². The first-order chi connectivity index (χ1) is 31.5. The van der Waals surface area contributed by atoms with Gasteiger partial charge in [-0.3, -0.25) is 5.41 Å². The summed E-state index contributed by atoms with van der Waals surface area (Å²) in [6, 6.07) is 66.3. The van der Waals surface area contributed by atoms with Crippen molar-refractivity contribution in [3.8, 4) is 0 Å². The third-order valence-corrected chi connectivity index (χ3v) is 12.2. The summed E-state index contributed by atoms with van der Waals surface area (Å²) in [5, 5.41) is 15.8. The molecule has 0 amide bonds. The Morgan fingerprint density at radius 2 is 1.14 bits per heavy atom. The van der Waals surface area contributed by atoms with Gasteiger partial charge in [-0.15, -0.1) is 0 Å². The van der Waals surface area contributed by atoms with Crippen molar-refractivity contribution in [2.45, 2.75) is 19.8 Å². The van der Waals surface area contributed by atoms with E-state index >= 15 is 0 Å². The number of hydrogen-bond acceptors (Lipinski definition) is 3. The molecule has 0 bridgehead atoms. The Balaban J connectivity index is 1.18. The smallest absolute Gasteiger partial charge is 0.161 e. The van der Waals surface area contributed by atoms with Crippen molar-refractivity contribution in [1.29, 1.82) is 5.41 Å². The van der Waals surface area contributed by atoms with Crippen LogP contribution in [0.15, 0.2) is 225 Å². The molecule has 0 aliphatic carbocycles. The summed E-state index contributed by atoms with van der Waals surface area (Å²) in [5.74, 6) is 0.479. The van der Waals surface area contributed by atoms with E-state index < -0.39 is 0 Å². The van der Waals surface area contributed by atoms with Crippen molar-refractivity contribution in [2.24, 2.45) is 9.98 Å². The molecule has 0 saturated carbocycles. The van der Waals surface area contributed by atoms with Crippen LogP contribution in [0.5, 0.6) is 0 Å². The van der Waals surface area contributed by atoms with Crippen LogP contribution in [0.25, 0.3) is 77.0 Å². The monoisotopic (exact) mass is 826 g/mol. The van der Waals surface area contributed by atoms with Gasteiger partial charge in [0.1, 0.15) is 28.2 Å². The molecule has 3 aromatic heterocycles. The number of nitrogens with one attached hydrogen (secondary N) is 1. The quantitative estimate of drug-likeness (QED) is 0.0940. The number of rotatable bonds is 8. The second-order valence-corrected chi connectivity index (χ2v) is 16.1. The Kier molecular flexibility index (Phi) is 9.74. The first-order valence-corrected chi connectivity index (χ1v) is 21.6. The van der Waals surface area contributed by atoms with Crippen molar-refractivity contribution in [3.63, 3.8) is 0 Å². The molecule has 6 nitrogen and oxygen atoms in total. The van der Waals surface area contributed by atoms with E-state index in [0.717, 1.165) is 99.2 Å². The Labute approximate surface area is 370 Å². The maximum absolute atomic E-state index is 9.52. The van der Waals surface area contributed by atoms with Gasteiger partial charge in [0.15, 0.2) is 5.84 Å². The Morgan fingerprint density at radius 1 is 0.547 bits per heavy atom. The summed E-state index contributed by atoms with van der Waals surface area (Å²) in [7, 11) is 0. The van der Waals surface area contributed by atoms with Crippen LogP contribution < -0.4 is 0 Å². The van der Waals surface area contributed by atoms with Crippen LogP contribution in [0, 0.1) is 5.41 Å². The van der Waals surface area contributed by atoms with Crippen molar-refractivity contribution in [2.75, 3.05) is 0 Å².